The van der Waals surface area contributed by atoms with Crippen LogP contribution in [0.2, 0.25) is 0 Å². The van der Waals surface area contributed by atoms with E-state index in [0.717, 1.165) is 18.4 Å². The van der Waals surface area contributed by atoms with E-state index in [0.29, 0.717) is 0 Å². The molecule has 0 aliphatic heterocycles. The topological polar surface area (TPSA) is 68.9 Å². The molecule has 0 bridgehead atoms. The summed E-state index contributed by atoms with van der Waals surface area (Å²) in [4.78, 5) is 11.6. The lowest BCUT2D eigenvalue weighted by molar-refractivity contribution is -0.139. The van der Waals surface area contributed by atoms with Crippen LogP contribution in [0.15, 0.2) is 45.8 Å². The third-order valence-corrected chi connectivity index (χ3v) is 2.80. The average molecular weight is 330 g/mol. The van der Waals surface area contributed by atoms with E-state index in [4.69, 9.17) is 19.0 Å². The van der Waals surface area contributed by atoms with Gasteiger partial charge in [0.15, 0.2) is 0 Å². The van der Waals surface area contributed by atoms with Gasteiger partial charge in [-0.25, -0.2) is 0 Å². The first-order chi connectivity index (χ1) is 10.9. The zero-order chi connectivity index (χ0) is 16.9. The molecule has 0 saturated heterocycles. The fraction of sp³-hybridized carbons (Fsp3) is 0.267. The zero-order valence-corrected chi connectivity index (χ0v) is 11.8. The van der Waals surface area contributed by atoms with E-state index in [2.05, 4.69) is 0 Å². The SMILES string of the molecule is O=c1cc(CO)occ1OCCOc1ccccc1C(F)(F)F. The third kappa shape index (κ3) is 4.49. The molecule has 0 spiro atoms. The van der Waals surface area contributed by atoms with Crippen molar-refractivity contribution in [3.63, 3.8) is 0 Å². The summed E-state index contributed by atoms with van der Waals surface area (Å²) in [5.74, 6) is -0.348. The second kappa shape index (κ2) is 7.19. The average Bonchev–Trinajstić information content (AvgIpc) is 2.52. The molecule has 0 unspecified atom stereocenters. The molecule has 5 nitrogen and oxygen atoms in total. The van der Waals surface area contributed by atoms with E-state index in [1.807, 2.05) is 0 Å². The highest BCUT2D eigenvalue weighted by molar-refractivity contribution is 5.35. The van der Waals surface area contributed by atoms with Crippen LogP contribution in [0.3, 0.4) is 0 Å². The minimum atomic E-state index is -4.52. The Morgan fingerprint density at radius 2 is 1.74 bits per heavy atom. The second-order valence-electron chi connectivity index (χ2n) is 4.42. The minimum absolute atomic E-state index is 0.0812. The molecule has 0 aliphatic rings. The van der Waals surface area contributed by atoms with Crippen LogP contribution in [0.1, 0.15) is 11.3 Å². The van der Waals surface area contributed by atoms with Crippen LogP contribution < -0.4 is 14.9 Å². The van der Waals surface area contributed by atoms with Gasteiger partial charge in [-0.2, -0.15) is 13.2 Å². The number of halogens is 3. The maximum Gasteiger partial charge on any atom is 0.419 e. The van der Waals surface area contributed by atoms with E-state index in [1.54, 1.807) is 0 Å². The highest BCUT2D eigenvalue weighted by Crippen LogP contribution is 2.35. The van der Waals surface area contributed by atoms with Gasteiger partial charge < -0.3 is 19.0 Å². The molecule has 0 amide bonds. The van der Waals surface area contributed by atoms with Crippen molar-refractivity contribution in [3.8, 4) is 11.5 Å². The number of hydrogen-bond donors (Lipinski definition) is 1. The Morgan fingerprint density at radius 3 is 2.35 bits per heavy atom. The lowest BCUT2D eigenvalue weighted by Crippen LogP contribution is -2.15. The van der Waals surface area contributed by atoms with Crippen molar-refractivity contribution in [1.29, 1.82) is 0 Å². The van der Waals surface area contributed by atoms with E-state index in [-0.39, 0.29) is 30.5 Å². The van der Waals surface area contributed by atoms with Crippen LogP contribution in [0, 0.1) is 0 Å². The Hall–Kier alpha value is -2.48. The van der Waals surface area contributed by atoms with Crippen molar-refractivity contribution in [1.82, 2.24) is 0 Å². The molecule has 124 valence electrons. The van der Waals surface area contributed by atoms with Gasteiger partial charge in [-0.05, 0) is 12.1 Å². The number of rotatable bonds is 6. The van der Waals surface area contributed by atoms with E-state index >= 15 is 0 Å². The van der Waals surface area contributed by atoms with Crippen LogP contribution in [0.25, 0.3) is 0 Å². The van der Waals surface area contributed by atoms with Crippen LogP contribution >= 0.6 is 0 Å². The van der Waals surface area contributed by atoms with Crippen LogP contribution in [-0.4, -0.2) is 18.3 Å². The Bertz CT molecular complexity index is 709. The summed E-state index contributed by atoms with van der Waals surface area (Å²) < 4.78 is 53.3. The van der Waals surface area contributed by atoms with Gasteiger partial charge in [-0.3, -0.25) is 4.79 Å². The summed E-state index contributed by atoms with van der Waals surface area (Å²) in [6.45, 7) is -0.753. The molecule has 8 heteroatoms. The van der Waals surface area contributed by atoms with Crippen molar-refractivity contribution in [2.45, 2.75) is 12.8 Å². The first kappa shape index (κ1) is 16.9. The smallest absolute Gasteiger partial charge is 0.419 e. The molecule has 0 atom stereocenters. The van der Waals surface area contributed by atoms with Crippen LogP contribution in [-0.2, 0) is 12.8 Å². The predicted molar refractivity (Wildman–Crippen MR) is 73.3 cm³/mol. The number of aliphatic hydroxyl groups is 1. The molecule has 1 N–H and O–H groups in total. The van der Waals surface area contributed by atoms with Crippen molar-refractivity contribution < 1.29 is 32.2 Å². The monoisotopic (exact) mass is 330 g/mol. The fourth-order valence-electron chi connectivity index (χ4n) is 1.76. The van der Waals surface area contributed by atoms with E-state index in [9.17, 15) is 18.0 Å². The summed E-state index contributed by atoms with van der Waals surface area (Å²) in [7, 11) is 0. The van der Waals surface area contributed by atoms with Gasteiger partial charge in [0.2, 0.25) is 11.2 Å². The molecule has 2 rings (SSSR count). The number of aliphatic hydroxyl groups excluding tert-OH is 1. The van der Waals surface area contributed by atoms with Crippen molar-refractivity contribution >= 4 is 0 Å². The molecular formula is C15H13F3O5. The molecule has 2 aromatic rings. The van der Waals surface area contributed by atoms with E-state index in [1.165, 1.54) is 18.2 Å². The molecule has 0 fully saturated rings. The summed E-state index contributed by atoms with van der Waals surface area (Å²) in [5.41, 5.74) is -1.39. The van der Waals surface area contributed by atoms with Crippen LogP contribution in [0.4, 0.5) is 13.2 Å². The van der Waals surface area contributed by atoms with Gasteiger partial charge in [0, 0.05) is 6.07 Å². The Kier molecular flexibility index (Phi) is 5.28. The summed E-state index contributed by atoms with van der Waals surface area (Å²) >= 11 is 0. The highest BCUT2D eigenvalue weighted by atomic mass is 19.4. The van der Waals surface area contributed by atoms with Crippen molar-refractivity contribution in [3.05, 3.63) is 58.1 Å². The normalized spacial score (nSPS) is 11.3. The second-order valence-corrected chi connectivity index (χ2v) is 4.42. The maximum absolute atomic E-state index is 12.8. The van der Waals surface area contributed by atoms with Crippen molar-refractivity contribution in [2.75, 3.05) is 13.2 Å². The lowest BCUT2D eigenvalue weighted by Gasteiger charge is -2.13. The number of hydrogen-bond acceptors (Lipinski definition) is 5. The quantitative estimate of drug-likeness (QED) is 0.825. The maximum atomic E-state index is 12.8. The molecule has 0 radical (unpaired) electrons. The Morgan fingerprint density at radius 1 is 1.09 bits per heavy atom. The summed E-state index contributed by atoms with van der Waals surface area (Å²) in [6, 6.07) is 5.87. The highest BCUT2D eigenvalue weighted by Gasteiger charge is 2.33. The molecule has 1 aromatic heterocycles. The van der Waals surface area contributed by atoms with Gasteiger partial charge in [-0.15, -0.1) is 0 Å². The standard InChI is InChI=1S/C15H13F3O5/c16-15(17,18)11-3-1-2-4-13(11)21-5-6-22-14-9-23-10(8-19)7-12(14)20/h1-4,7,9,19H,5-6,8H2. The summed E-state index contributed by atoms with van der Waals surface area (Å²) in [6.07, 6.45) is -3.49. The van der Waals surface area contributed by atoms with Gasteiger partial charge in [0.05, 0.1) is 5.56 Å². The molecule has 23 heavy (non-hydrogen) atoms. The Labute approximate surface area is 128 Å². The van der Waals surface area contributed by atoms with Gasteiger partial charge in [0.1, 0.15) is 37.6 Å². The lowest BCUT2D eigenvalue weighted by atomic mass is 10.2. The number of para-hydroxylation sites is 1. The molecular weight excluding hydrogens is 317 g/mol. The van der Waals surface area contributed by atoms with Crippen molar-refractivity contribution in [2.24, 2.45) is 0 Å². The Balaban J connectivity index is 1.93. The van der Waals surface area contributed by atoms with Gasteiger partial charge in [-0.1, -0.05) is 12.1 Å². The third-order valence-electron chi connectivity index (χ3n) is 2.80. The first-order valence-corrected chi connectivity index (χ1v) is 6.56. The van der Waals surface area contributed by atoms with Gasteiger partial charge in [0.25, 0.3) is 0 Å². The zero-order valence-electron chi connectivity index (χ0n) is 11.8. The number of ether oxygens (including phenoxy) is 2. The molecule has 1 heterocycles. The first-order valence-electron chi connectivity index (χ1n) is 6.56. The molecule has 0 saturated carbocycles. The largest absolute Gasteiger partial charge is 0.489 e. The van der Waals surface area contributed by atoms with Crippen LogP contribution in [0.5, 0.6) is 11.5 Å². The molecule has 0 aliphatic carbocycles. The van der Waals surface area contributed by atoms with Gasteiger partial charge >= 0.3 is 6.18 Å². The predicted octanol–water partition coefficient (Wildman–Crippen LogP) is 2.61. The number of benzene rings is 1. The fourth-order valence-corrected chi connectivity index (χ4v) is 1.76. The summed E-state index contributed by atoms with van der Waals surface area (Å²) in [5, 5.41) is 8.80. The van der Waals surface area contributed by atoms with E-state index < -0.39 is 23.8 Å². The minimum Gasteiger partial charge on any atom is -0.489 e. The molecule has 1 aromatic carbocycles. The number of alkyl halides is 3.